The number of pyridine rings is 1. The van der Waals surface area contributed by atoms with E-state index < -0.39 is 14.3 Å². The maximum Gasteiger partial charge on any atom is 0.343 e. The van der Waals surface area contributed by atoms with Gasteiger partial charge in [-0.15, -0.1) is 11.3 Å². The lowest BCUT2D eigenvalue weighted by molar-refractivity contribution is 0.0524. The van der Waals surface area contributed by atoms with Crippen LogP contribution in [-0.4, -0.2) is 39.2 Å². The molecule has 2 aliphatic rings. The normalized spacial score (nSPS) is 17.8. The molecule has 1 unspecified atom stereocenters. The molecule has 0 bridgehead atoms. The second-order valence-corrected chi connectivity index (χ2v) is 18.5. The van der Waals surface area contributed by atoms with Gasteiger partial charge in [-0.25, -0.2) is 4.79 Å². The van der Waals surface area contributed by atoms with E-state index in [1.165, 1.54) is 10.4 Å². The average molecular weight is 568 g/mol. The highest BCUT2D eigenvalue weighted by molar-refractivity contribution is 7.15. The number of methoxy groups -OCH3 is 1. The highest BCUT2D eigenvalue weighted by atomic mass is 32.1. The number of hydrogen-bond acceptors (Lipinski definition) is 6. The maximum absolute atomic E-state index is 13.4. The first-order valence-corrected chi connectivity index (χ1v) is 17.9. The summed E-state index contributed by atoms with van der Waals surface area (Å²) in [5.74, 6) is 0.664. The Labute approximate surface area is 236 Å². The van der Waals surface area contributed by atoms with Gasteiger partial charge >= 0.3 is 5.97 Å². The Balaban J connectivity index is 1.49. The molecule has 0 saturated heterocycles. The molecule has 0 amide bonds. The number of thiophene rings is 1. The van der Waals surface area contributed by atoms with Crippen LogP contribution >= 0.6 is 11.3 Å². The number of aromatic nitrogens is 1. The fourth-order valence-electron chi connectivity index (χ4n) is 5.23. The van der Waals surface area contributed by atoms with Crippen LogP contribution in [0.25, 0.3) is 21.3 Å². The third kappa shape index (κ3) is 5.35. The Morgan fingerprint density at radius 3 is 2.56 bits per heavy atom. The number of benzene rings is 1. The number of rotatable bonds is 8. The van der Waals surface area contributed by atoms with Crippen molar-refractivity contribution in [1.29, 1.82) is 0 Å². The highest BCUT2D eigenvalue weighted by Gasteiger charge is 2.38. The van der Waals surface area contributed by atoms with E-state index in [0.717, 1.165) is 54.7 Å². The fourth-order valence-corrected chi connectivity index (χ4v) is 7.55. The predicted octanol–water partition coefficient (Wildman–Crippen LogP) is 7.38. The first kappa shape index (κ1) is 28.1. The van der Waals surface area contributed by atoms with Crippen LogP contribution in [0.4, 0.5) is 0 Å². The summed E-state index contributed by atoms with van der Waals surface area (Å²) < 4.78 is 19.8. The number of aryl methyl sites for hydroxylation is 1. The minimum absolute atomic E-state index is 0.0867. The van der Waals surface area contributed by atoms with Crippen LogP contribution in [0.3, 0.4) is 0 Å². The summed E-state index contributed by atoms with van der Waals surface area (Å²) in [6, 6.07) is 6.40. The molecule has 0 spiro atoms. The summed E-state index contributed by atoms with van der Waals surface area (Å²) >= 11 is 1.83. The van der Waals surface area contributed by atoms with Crippen molar-refractivity contribution < 1.29 is 18.7 Å². The van der Waals surface area contributed by atoms with E-state index in [0.29, 0.717) is 17.1 Å². The van der Waals surface area contributed by atoms with Crippen LogP contribution in [0.2, 0.25) is 18.1 Å². The molecule has 6 nitrogen and oxygen atoms in total. The zero-order chi connectivity index (χ0) is 28.1. The van der Waals surface area contributed by atoms with Crippen LogP contribution in [0, 0.1) is 5.92 Å². The second kappa shape index (κ2) is 10.5. The van der Waals surface area contributed by atoms with Crippen molar-refractivity contribution >= 4 is 36.5 Å². The minimum Gasteiger partial charge on any atom is -0.494 e. The topological polar surface area (TPSA) is 66.8 Å². The molecule has 2 heterocycles. The monoisotopic (exact) mass is 567 g/mol. The average Bonchev–Trinajstić information content (AvgIpc) is 3.64. The van der Waals surface area contributed by atoms with E-state index >= 15 is 0 Å². The zero-order valence-electron chi connectivity index (χ0n) is 24.3. The van der Waals surface area contributed by atoms with Crippen molar-refractivity contribution in [3.8, 4) is 16.2 Å². The Morgan fingerprint density at radius 2 is 1.92 bits per heavy atom. The Morgan fingerprint density at radius 1 is 1.18 bits per heavy atom. The molecule has 0 aliphatic heterocycles. The maximum atomic E-state index is 13.4. The molecule has 2 aliphatic carbocycles. The van der Waals surface area contributed by atoms with Crippen LogP contribution in [-0.2, 0) is 22.0 Å². The molecule has 0 N–H and O–H groups in total. The third-order valence-corrected chi connectivity index (χ3v) is 14.5. The molecule has 39 heavy (non-hydrogen) atoms. The quantitative estimate of drug-likeness (QED) is 0.210. The number of ether oxygens (including phenoxy) is 2. The van der Waals surface area contributed by atoms with Gasteiger partial charge in [0.05, 0.1) is 24.6 Å². The smallest absolute Gasteiger partial charge is 0.343 e. The van der Waals surface area contributed by atoms with Crippen molar-refractivity contribution in [2.75, 3.05) is 20.3 Å². The molecular formula is C31H41NO5SSi. The van der Waals surface area contributed by atoms with Gasteiger partial charge in [-0.2, -0.15) is 0 Å². The van der Waals surface area contributed by atoms with Gasteiger partial charge in [0.15, 0.2) is 14.1 Å². The van der Waals surface area contributed by atoms with Crippen LogP contribution in [0.1, 0.15) is 73.8 Å². The molecule has 1 atom stereocenters. The van der Waals surface area contributed by atoms with Crippen molar-refractivity contribution in [3.63, 3.8) is 0 Å². The van der Waals surface area contributed by atoms with Crippen LogP contribution in [0.5, 0.6) is 5.75 Å². The number of fused-ring (bicyclic) bond motifs is 2. The second-order valence-electron chi connectivity index (χ2n) is 12.5. The number of esters is 1. The van der Waals surface area contributed by atoms with E-state index in [2.05, 4.69) is 44.5 Å². The van der Waals surface area contributed by atoms with E-state index in [1.807, 2.05) is 23.5 Å². The molecule has 5 rings (SSSR count). The third-order valence-electron chi connectivity index (χ3n) is 8.72. The van der Waals surface area contributed by atoms with Crippen molar-refractivity contribution in [3.05, 3.63) is 50.6 Å². The SMILES string of the molecule is CCOC(=O)c1cn(C2CC2)c2c(OC)c(-c3cc4c(s3)CCC(CO[Si](C)(C)C(C)(C)C)C4)ccc2c1=O. The molecule has 1 saturated carbocycles. The number of carbonyl (C=O) groups excluding carboxylic acids is 1. The minimum atomic E-state index is -1.77. The standard InChI is InChI=1S/C31H41NO5SSi/c1-8-36-30(34)24-17-32(21-10-11-21)27-23(28(24)33)13-12-22(29(27)35-5)26-16-20-15-19(9-14-25(20)38-26)18-37-39(6,7)31(2,3)4/h12-13,16-17,19,21H,8-11,14-15,18H2,1-7H3. The summed E-state index contributed by atoms with van der Waals surface area (Å²) in [6.07, 6.45) is 6.95. The summed E-state index contributed by atoms with van der Waals surface area (Å²) in [4.78, 5) is 28.5. The first-order valence-electron chi connectivity index (χ1n) is 14.1. The molecule has 2 aromatic heterocycles. The number of carbonyl (C=O) groups is 1. The predicted molar refractivity (Wildman–Crippen MR) is 161 cm³/mol. The Hall–Kier alpha value is -2.42. The molecule has 3 aromatic rings. The van der Waals surface area contributed by atoms with Gasteiger partial charge in [-0.3, -0.25) is 4.79 Å². The summed E-state index contributed by atoms with van der Waals surface area (Å²) in [5, 5.41) is 0.713. The first-order chi connectivity index (χ1) is 18.4. The summed E-state index contributed by atoms with van der Waals surface area (Å²) in [5.41, 5.74) is 2.95. The zero-order valence-corrected chi connectivity index (χ0v) is 26.1. The van der Waals surface area contributed by atoms with E-state index in [9.17, 15) is 9.59 Å². The van der Waals surface area contributed by atoms with Crippen molar-refractivity contribution in [2.24, 2.45) is 5.92 Å². The van der Waals surface area contributed by atoms with Gasteiger partial charge in [-0.1, -0.05) is 20.8 Å². The number of nitrogens with zero attached hydrogens (tertiary/aromatic N) is 1. The molecule has 210 valence electrons. The van der Waals surface area contributed by atoms with Crippen LogP contribution in [0.15, 0.2) is 29.2 Å². The van der Waals surface area contributed by atoms with Gasteiger partial charge in [0, 0.05) is 34.2 Å². The van der Waals surface area contributed by atoms with E-state index in [4.69, 9.17) is 13.9 Å². The van der Waals surface area contributed by atoms with Gasteiger partial charge in [0.2, 0.25) is 5.43 Å². The van der Waals surface area contributed by atoms with Gasteiger partial charge in [0.1, 0.15) is 5.56 Å². The molecule has 1 aromatic carbocycles. The Bertz CT molecular complexity index is 1460. The van der Waals surface area contributed by atoms with E-state index in [1.54, 1.807) is 20.2 Å². The summed E-state index contributed by atoms with van der Waals surface area (Å²) in [6.45, 7) is 14.3. The van der Waals surface area contributed by atoms with Crippen molar-refractivity contribution in [1.82, 2.24) is 4.57 Å². The van der Waals surface area contributed by atoms with Gasteiger partial charge in [-0.05, 0) is 86.8 Å². The highest BCUT2D eigenvalue weighted by Crippen LogP contribution is 2.46. The number of hydrogen-bond donors (Lipinski definition) is 0. The Kier molecular flexibility index (Phi) is 7.59. The van der Waals surface area contributed by atoms with Crippen molar-refractivity contribution in [2.45, 2.75) is 84.0 Å². The van der Waals surface area contributed by atoms with Crippen LogP contribution < -0.4 is 10.2 Å². The molecule has 1 fully saturated rings. The fraction of sp³-hybridized carbons (Fsp3) is 0.548. The lowest BCUT2D eigenvalue weighted by Crippen LogP contribution is -2.42. The summed E-state index contributed by atoms with van der Waals surface area (Å²) in [7, 11) is -0.0999. The van der Waals surface area contributed by atoms with Gasteiger partial charge < -0.3 is 18.5 Å². The van der Waals surface area contributed by atoms with E-state index in [-0.39, 0.29) is 28.7 Å². The molecule has 8 heteroatoms. The lowest BCUT2D eigenvalue weighted by atomic mass is 9.89. The van der Waals surface area contributed by atoms with Gasteiger partial charge in [0.25, 0.3) is 0 Å². The molecular weight excluding hydrogens is 526 g/mol. The largest absolute Gasteiger partial charge is 0.494 e. The molecule has 0 radical (unpaired) electrons. The lowest BCUT2D eigenvalue weighted by Gasteiger charge is -2.37.